The second-order valence-corrected chi connectivity index (χ2v) is 9.31. The predicted molar refractivity (Wildman–Crippen MR) is 122 cm³/mol. The van der Waals surface area contributed by atoms with Gasteiger partial charge in [-0.25, -0.2) is 18.1 Å². The summed E-state index contributed by atoms with van der Waals surface area (Å²) in [5, 5.41) is 4.71. The van der Waals surface area contributed by atoms with Gasteiger partial charge in [-0.05, 0) is 42.0 Å². The molecule has 0 aliphatic rings. The van der Waals surface area contributed by atoms with Crippen LogP contribution in [0.2, 0.25) is 0 Å². The summed E-state index contributed by atoms with van der Waals surface area (Å²) in [4.78, 5) is 4.98. The van der Waals surface area contributed by atoms with Gasteiger partial charge in [-0.15, -0.1) is 5.10 Å². The van der Waals surface area contributed by atoms with Crippen LogP contribution in [0.1, 0.15) is 11.4 Å². The highest BCUT2D eigenvalue weighted by atomic mass is 32.2. The van der Waals surface area contributed by atoms with E-state index < -0.39 is 9.84 Å². The first-order valence-electron chi connectivity index (χ1n) is 9.91. The molecule has 32 heavy (non-hydrogen) atoms. The normalized spacial score (nSPS) is 11.3. The first-order valence-corrected chi connectivity index (χ1v) is 11.8. The Labute approximate surface area is 187 Å². The molecular weight excluding hydrogens is 426 g/mol. The van der Waals surface area contributed by atoms with E-state index in [9.17, 15) is 8.42 Å². The molecule has 0 aliphatic carbocycles. The van der Waals surface area contributed by atoms with E-state index in [1.807, 2.05) is 48.5 Å². The molecule has 7 nitrogen and oxygen atoms in total. The Morgan fingerprint density at radius 2 is 1.59 bits per heavy atom. The maximum Gasteiger partial charge on any atom is 0.181 e. The first kappa shape index (κ1) is 21.6. The average molecular weight is 450 g/mol. The number of rotatable bonds is 7. The van der Waals surface area contributed by atoms with E-state index in [1.165, 1.54) is 6.26 Å². The molecule has 4 rings (SSSR count). The van der Waals surface area contributed by atoms with E-state index in [0.29, 0.717) is 29.4 Å². The smallest absolute Gasteiger partial charge is 0.181 e. The quantitative estimate of drug-likeness (QED) is 0.425. The Morgan fingerprint density at radius 1 is 0.875 bits per heavy atom. The van der Waals surface area contributed by atoms with Crippen LogP contribution >= 0.6 is 0 Å². The maximum absolute atomic E-state index is 12.0. The number of hydrogen-bond donors (Lipinski definition) is 0. The fourth-order valence-electron chi connectivity index (χ4n) is 3.32. The summed E-state index contributed by atoms with van der Waals surface area (Å²) in [5.74, 6) is 2.64. The topological polar surface area (TPSA) is 83.3 Å². The van der Waals surface area contributed by atoms with Crippen molar-refractivity contribution in [3.63, 3.8) is 0 Å². The van der Waals surface area contributed by atoms with Crippen molar-refractivity contribution < 1.29 is 17.9 Å². The molecule has 0 unspecified atom stereocenters. The summed E-state index contributed by atoms with van der Waals surface area (Å²) in [6, 6.07) is 22.0. The lowest BCUT2D eigenvalue weighted by Gasteiger charge is -2.08. The average Bonchev–Trinajstić information content (AvgIpc) is 3.23. The number of hydrogen-bond acceptors (Lipinski definition) is 6. The van der Waals surface area contributed by atoms with Gasteiger partial charge in [0.15, 0.2) is 15.7 Å². The summed E-state index contributed by atoms with van der Waals surface area (Å²) >= 11 is 0. The number of methoxy groups -OCH3 is 2. The van der Waals surface area contributed by atoms with Gasteiger partial charge in [0.2, 0.25) is 0 Å². The zero-order valence-electron chi connectivity index (χ0n) is 18.0. The lowest BCUT2D eigenvalue weighted by Crippen LogP contribution is -2.04. The lowest BCUT2D eigenvalue weighted by atomic mass is 10.1. The van der Waals surface area contributed by atoms with Gasteiger partial charge in [0.25, 0.3) is 0 Å². The fourth-order valence-corrected chi connectivity index (χ4v) is 3.99. The van der Waals surface area contributed by atoms with E-state index in [1.54, 1.807) is 43.2 Å². The molecule has 0 saturated heterocycles. The van der Waals surface area contributed by atoms with Crippen molar-refractivity contribution >= 4 is 9.84 Å². The molecule has 0 radical (unpaired) electrons. The van der Waals surface area contributed by atoms with Crippen LogP contribution in [0.15, 0.2) is 77.7 Å². The standard InChI is InChI=1S/C24H23N3O4S/c1-30-20-12-10-17(11-13-20)14-23-25-24(18-6-4-9-22(15-18)32(3,28)29)26-27(23)19-7-5-8-21(16-19)31-2/h4-13,15-16H,14H2,1-3H3. The molecule has 3 aromatic carbocycles. The van der Waals surface area contributed by atoms with Crippen LogP contribution in [0.3, 0.4) is 0 Å². The molecule has 0 N–H and O–H groups in total. The largest absolute Gasteiger partial charge is 0.497 e. The highest BCUT2D eigenvalue weighted by Gasteiger charge is 2.16. The zero-order chi connectivity index (χ0) is 22.7. The molecule has 4 aromatic rings. The van der Waals surface area contributed by atoms with Gasteiger partial charge >= 0.3 is 0 Å². The van der Waals surface area contributed by atoms with Crippen molar-refractivity contribution in [1.82, 2.24) is 14.8 Å². The van der Waals surface area contributed by atoms with Crippen molar-refractivity contribution in [3.8, 4) is 28.6 Å². The minimum absolute atomic E-state index is 0.226. The molecule has 8 heteroatoms. The van der Waals surface area contributed by atoms with Crippen LogP contribution in [0.25, 0.3) is 17.1 Å². The van der Waals surface area contributed by atoms with Crippen molar-refractivity contribution in [2.75, 3.05) is 20.5 Å². The first-order chi connectivity index (χ1) is 15.4. The van der Waals surface area contributed by atoms with Gasteiger partial charge in [-0.3, -0.25) is 0 Å². The van der Waals surface area contributed by atoms with Gasteiger partial charge in [0.1, 0.15) is 17.3 Å². The highest BCUT2D eigenvalue weighted by Crippen LogP contribution is 2.25. The highest BCUT2D eigenvalue weighted by molar-refractivity contribution is 7.90. The second-order valence-electron chi connectivity index (χ2n) is 7.29. The predicted octanol–water partition coefficient (Wildman–Crippen LogP) is 3.95. The van der Waals surface area contributed by atoms with Gasteiger partial charge in [0, 0.05) is 24.3 Å². The third-order valence-corrected chi connectivity index (χ3v) is 6.12. The van der Waals surface area contributed by atoms with E-state index >= 15 is 0 Å². The molecule has 0 fully saturated rings. The third-order valence-electron chi connectivity index (χ3n) is 5.01. The molecule has 0 spiro atoms. The Hall–Kier alpha value is -3.65. The van der Waals surface area contributed by atoms with Gasteiger partial charge in [0.05, 0.1) is 24.8 Å². The van der Waals surface area contributed by atoms with Gasteiger partial charge in [-0.1, -0.05) is 30.3 Å². The summed E-state index contributed by atoms with van der Waals surface area (Å²) in [7, 11) is -0.102. The van der Waals surface area contributed by atoms with Crippen molar-refractivity contribution in [3.05, 3.63) is 84.2 Å². The van der Waals surface area contributed by atoms with Crippen molar-refractivity contribution in [2.45, 2.75) is 11.3 Å². The van der Waals surface area contributed by atoms with Gasteiger partial charge < -0.3 is 9.47 Å². The molecule has 0 saturated carbocycles. The van der Waals surface area contributed by atoms with Crippen molar-refractivity contribution in [1.29, 1.82) is 0 Å². The SMILES string of the molecule is COc1ccc(Cc2nc(-c3cccc(S(C)(=O)=O)c3)nn2-c2cccc(OC)c2)cc1. The van der Waals surface area contributed by atoms with Crippen LogP contribution in [-0.2, 0) is 16.3 Å². The Balaban J connectivity index is 1.81. The molecule has 0 bridgehead atoms. The van der Waals surface area contributed by atoms with E-state index in [0.717, 1.165) is 17.0 Å². The molecule has 0 atom stereocenters. The summed E-state index contributed by atoms with van der Waals surface area (Å²) in [6.07, 6.45) is 1.71. The molecule has 164 valence electrons. The van der Waals surface area contributed by atoms with Crippen LogP contribution in [0.4, 0.5) is 0 Å². The van der Waals surface area contributed by atoms with E-state index in [4.69, 9.17) is 19.6 Å². The fraction of sp³-hybridized carbons (Fsp3) is 0.167. The maximum atomic E-state index is 12.0. The number of sulfone groups is 1. The Morgan fingerprint density at radius 3 is 2.28 bits per heavy atom. The number of ether oxygens (including phenoxy) is 2. The van der Waals surface area contributed by atoms with Crippen LogP contribution in [-0.4, -0.2) is 43.7 Å². The van der Waals surface area contributed by atoms with Crippen LogP contribution in [0, 0.1) is 0 Å². The molecule has 0 amide bonds. The monoisotopic (exact) mass is 449 g/mol. The Kier molecular flexibility index (Phi) is 5.96. The molecular formula is C24H23N3O4S. The van der Waals surface area contributed by atoms with Crippen LogP contribution < -0.4 is 9.47 Å². The lowest BCUT2D eigenvalue weighted by molar-refractivity contribution is 0.414. The Bertz CT molecular complexity index is 1350. The number of benzene rings is 3. The summed E-state index contributed by atoms with van der Waals surface area (Å²) < 4.78 is 36.4. The second kappa shape index (κ2) is 8.84. The zero-order valence-corrected chi connectivity index (χ0v) is 18.8. The van der Waals surface area contributed by atoms with E-state index in [-0.39, 0.29) is 4.90 Å². The summed E-state index contributed by atoms with van der Waals surface area (Å²) in [6.45, 7) is 0. The summed E-state index contributed by atoms with van der Waals surface area (Å²) in [5.41, 5.74) is 2.47. The number of nitrogens with zero attached hydrogens (tertiary/aromatic N) is 3. The van der Waals surface area contributed by atoms with E-state index in [2.05, 4.69) is 0 Å². The minimum atomic E-state index is -3.34. The molecule has 1 aromatic heterocycles. The van der Waals surface area contributed by atoms with Gasteiger partial charge in [-0.2, -0.15) is 0 Å². The third kappa shape index (κ3) is 4.65. The van der Waals surface area contributed by atoms with Crippen molar-refractivity contribution in [2.24, 2.45) is 0 Å². The van der Waals surface area contributed by atoms with Crippen LogP contribution in [0.5, 0.6) is 11.5 Å². The number of aromatic nitrogens is 3. The molecule has 0 aliphatic heterocycles. The minimum Gasteiger partial charge on any atom is -0.497 e. The molecule has 1 heterocycles.